The molecule has 3 aromatic carbocycles. The summed E-state index contributed by atoms with van der Waals surface area (Å²) in [5.41, 5.74) is 3.78. The zero-order valence-electron chi connectivity index (χ0n) is 21.5. The van der Waals surface area contributed by atoms with Crippen molar-refractivity contribution in [3.05, 3.63) is 89.2 Å². The Morgan fingerprint density at radius 2 is 1.77 bits per heavy atom. The number of cyclic esters (lactones) is 1. The van der Waals surface area contributed by atoms with Crippen LogP contribution in [0.2, 0.25) is 0 Å². The summed E-state index contributed by atoms with van der Waals surface area (Å²) < 4.78 is 46.0. The predicted octanol–water partition coefficient (Wildman–Crippen LogP) is 4.21. The van der Waals surface area contributed by atoms with Gasteiger partial charge in [-0.05, 0) is 48.7 Å². The van der Waals surface area contributed by atoms with E-state index in [0.717, 1.165) is 22.2 Å². The highest BCUT2D eigenvalue weighted by molar-refractivity contribution is 7.93. The summed E-state index contributed by atoms with van der Waals surface area (Å²) >= 11 is 0. The molecule has 0 saturated carbocycles. The number of nitrogens with zero attached hydrogens (tertiary/aromatic N) is 1. The molecule has 3 aliphatic rings. The number of anilines is 2. The lowest BCUT2D eigenvalue weighted by Crippen LogP contribution is -2.14. The van der Waals surface area contributed by atoms with Crippen LogP contribution in [0.1, 0.15) is 24.2 Å². The van der Waals surface area contributed by atoms with Crippen LogP contribution in [0, 0.1) is 5.92 Å². The van der Waals surface area contributed by atoms with Crippen LogP contribution >= 0.6 is 0 Å². The molecule has 0 spiro atoms. The van der Waals surface area contributed by atoms with Crippen LogP contribution in [0.4, 0.5) is 11.4 Å². The summed E-state index contributed by atoms with van der Waals surface area (Å²) in [6.45, 7) is 1.62. The second kappa shape index (κ2) is 9.16. The summed E-state index contributed by atoms with van der Waals surface area (Å²) in [5.74, 6) is -1.27. The molecule has 10 heteroatoms. The van der Waals surface area contributed by atoms with Gasteiger partial charge in [0.25, 0.3) is 16.3 Å². The molecular weight excluding hydrogens is 520 g/mol. The monoisotopic (exact) mass is 546 g/mol. The van der Waals surface area contributed by atoms with Crippen molar-refractivity contribution in [2.75, 3.05) is 23.7 Å². The van der Waals surface area contributed by atoms with E-state index in [-0.39, 0.29) is 10.8 Å². The predicted molar refractivity (Wildman–Crippen MR) is 144 cm³/mol. The normalized spacial score (nSPS) is 22.8. The maximum absolute atomic E-state index is 13.5. The third kappa shape index (κ3) is 4.30. The van der Waals surface area contributed by atoms with Crippen molar-refractivity contribution < 1.29 is 32.2 Å². The maximum Gasteiger partial charge on any atom is 0.338 e. The van der Waals surface area contributed by atoms with Gasteiger partial charge in [0.15, 0.2) is 0 Å². The number of hydrogen-bond acceptors (Lipinski definition) is 8. The lowest BCUT2D eigenvalue weighted by molar-refractivity contribution is -0.152. The molecular formula is C29H26N2O7S. The second-order valence-corrected chi connectivity index (χ2v) is 11.7. The van der Waals surface area contributed by atoms with Crippen LogP contribution < -0.4 is 9.62 Å². The zero-order valence-corrected chi connectivity index (χ0v) is 22.3. The molecule has 0 bridgehead atoms. The van der Waals surface area contributed by atoms with Crippen LogP contribution in [0.5, 0.6) is 0 Å². The minimum absolute atomic E-state index is 0.175. The quantitative estimate of drug-likeness (QED) is 0.278. The fourth-order valence-corrected chi connectivity index (χ4v) is 6.64. The summed E-state index contributed by atoms with van der Waals surface area (Å²) in [5, 5.41) is 1.45. The first-order valence-corrected chi connectivity index (χ1v) is 13.9. The van der Waals surface area contributed by atoms with Crippen LogP contribution in [-0.4, -0.2) is 40.7 Å². The number of sulfonamides is 1. The lowest BCUT2D eigenvalue weighted by atomic mass is 9.98. The van der Waals surface area contributed by atoms with Crippen molar-refractivity contribution in [3.8, 4) is 0 Å². The van der Waals surface area contributed by atoms with Gasteiger partial charge in [-0.25, -0.2) is 18.0 Å². The average molecular weight is 547 g/mol. The van der Waals surface area contributed by atoms with E-state index >= 15 is 0 Å². The third-order valence-corrected chi connectivity index (χ3v) is 8.71. The van der Waals surface area contributed by atoms with E-state index in [1.807, 2.05) is 43.3 Å². The molecule has 39 heavy (non-hydrogen) atoms. The van der Waals surface area contributed by atoms with E-state index < -0.39 is 34.4 Å². The Bertz CT molecular complexity index is 1710. The van der Waals surface area contributed by atoms with Crippen molar-refractivity contribution in [1.29, 1.82) is 0 Å². The van der Waals surface area contributed by atoms with Gasteiger partial charge in [-0.2, -0.15) is 0 Å². The summed E-state index contributed by atoms with van der Waals surface area (Å²) in [6, 6.07) is 16.1. The van der Waals surface area contributed by atoms with Crippen LogP contribution in [0.3, 0.4) is 0 Å². The standard InChI is InChI=1S/C29H26N2O7S/c1-16-12-26(37-28(16)32)36-15-23-22-13-17-10-11-18(14-21(17)27(22)38-29(23)33)30-39(34,35)25-9-5-6-19-20(25)7-4-8-24(19)31(2)3/h4-12,14-15,22,26-27,30H,13H2,1-3H3/b23-15+/t22-,26?,27-/m1/s1. The number of esters is 2. The molecule has 2 heterocycles. The van der Waals surface area contributed by atoms with E-state index in [4.69, 9.17) is 14.2 Å². The highest BCUT2D eigenvalue weighted by atomic mass is 32.2. The Balaban J connectivity index is 1.26. The van der Waals surface area contributed by atoms with Crippen molar-refractivity contribution in [2.45, 2.75) is 30.6 Å². The Labute approximate surface area is 225 Å². The molecule has 1 fully saturated rings. The number of rotatable bonds is 6. The number of carbonyl (C=O) groups is 2. The Morgan fingerprint density at radius 1 is 1.00 bits per heavy atom. The van der Waals surface area contributed by atoms with Crippen LogP contribution in [-0.2, 0) is 40.2 Å². The minimum atomic E-state index is -3.93. The molecule has 0 aromatic heterocycles. The highest BCUT2D eigenvalue weighted by Gasteiger charge is 2.46. The first kappa shape index (κ1) is 25.0. The molecule has 200 valence electrons. The fraction of sp³-hybridized carbons (Fsp3) is 0.241. The van der Waals surface area contributed by atoms with E-state index in [1.165, 1.54) is 12.3 Å². The summed E-state index contributed by atoms with van der Waals surface area (Å²) in [6.07, 6.45) is 1.93. The molecule has 1 N–H and O–H groups in total. The van der Waals surface area contributed by atoms with Gasteiger partial charge in [0, 0.05) is 53.8 Å². The van der Waals surface area contributed by atoms with Gasteiger partial charge in [0.2, 0.25) is 0 Å². The smallest absolute Gasteiger partial charge is 0.338 e. The van der Waals surface area contributed by atoms with Crippen molar-refractivity contribution in [3.63, 3.8) is 0 Å². The van der Waals surface area contributed by atoms with Gasteiger partial charge in [0.05, 0.1) is 16.7 Å². The Morgan fingerprint density at radius 3 is 2.51 bits per heavy atom. The molecule has 6 rings (SSSR count). The van der Waals surface area contributed by atoms with E-state index in [1.54, 1.807) is 37.3 Å². The lowest BCUT2D eigenvalue weighted by Gasteiger charge is -2.17. The minimum Gasteiger partial charge on any atom is -0.458 e. The van der Waals surface area contributed by atoms with Gasteiger partial charge in [0.1, 0.15) is 6.10 Å². The fourth-order valence-electron chi connectivity index (χ4n) is 5.37. The van der Waals surface area contributed by atoms with Gasteiger partial charge in [-0.1, -0.05) is 30.3 Å². The molecule has 0 radical (unpaired) electrons. The number of benzene rings is 3. The number of fused-ring (bicyclic) bond motifs is 4. The number of carbonyl (C=O) groups excluding carboxylic acids is 2. The van der Waals surface area contributed by atoms with Crippen LogP contribution in [0.15, 0.2) is 83.0 Å². The van der Waals surface area contributed by atoms with Crippen molar-refractivity contribution in [1.82, 2.24) is 0 Å². The molecule has 1 unspecified atom stereocenters. The molecule has 3 atom stereocenters. The van der Waals surface area contributed by atoms with Gasteiger partial charge in [-0.3, -0.25) is 4.72 Å². The Kier molecular flexibility index (Phi) is 5.87. The van der Waals surface area contributed by atoms with Gasteiger partial charge in [-0.15, -0.1) is 0 Å². The Hall–Kier alpha value is -4.31. The molecule has 3 aromatic rings. The van der Waals surface area contributed by atoms with E-state index in [2.05, 4.69) is 4.72 Å². The van der Waals surface area contributed by atoms with Gasteiger partial charge >= 0.3 is 11.9 Å². The third-order valence-electron chi connectivity index (χ3n) is 7.27. The SMILES string of the molecule is CC1=CC(O/C=C2/C(=O)O[C@@H]3c4cc(NS(=O)(=O)c5cccc6c(N(C)C)cccc56)ccc4C[C@H]23)OC1=O. The maximum atomic E-state index is 13.5. The molecule has 2 aliphatic heterocycles. The van der Waals surface area contributed by atoms with Crippen molar-refractivity contribution >= 4 is 44.1 Å². The highest BCUT2D eigenvalue weighted by Crippen LogP contribution is 2.48. The topological polar surface area (TPSA) is 111 Å². The molecule has 9 nitrogen and oxygen atoms in total. The van der Waals surface area contributed by atoms with Gasteiger partial charge < -0.3 is 19.1 Å². The van der Waals surface area contributed by atoms with E-state index in [9.17, 15) is 18.0 Å². The zero-order chi connectivity index (χ0) is 27.5. The summed E-state index contributed by atoms with van der Waals surface area (Å²) in [7, 11) is -0.0997. The molecule has 1 aliphatic carbocycles. The van der Waals surface area contributed by atoms with Crippen LogP contribution in [0.25, 0.3) is 10.8 Å². The first-order valence-electron chi connectivity index (χ1n) is 12.4. The molecule has 1 saturated heterocycles. The van der Waals surface area contributed by atoms with E-state index in [0.29, 0.717) is 28.6 Å². The number of hydrogen-bond donors (Lipinski definition) is 1. The molecule has 0 amide bonds. The second-order valence-electron chi connectivity index (χ2n) is 10.0. The largest absolute Gasteiger partial charge is 0.458 e. The van der Waals surface area contributed by atoms with Crippen molar-refractivity contribution in [2.24, 2.45) is 5.92 Å². The summed E-state index contributed by atoms with van der Waals surface area (Å²) in [4.78, 5) is 26.3. The number of ether oxygens (including phenoxy) is 3. The average Bonchev–Trinajstić information content (AvgIpc) is 3.51. The first-order chi connectivity index (χ1) is 18.6. The number of nitrogens with one attached hydrogen (secondary N) is 1.